The first-order valence-electron chi connectivity index (χ1n) is 3.86. The second-order valence-corrected chi connectivity index (χ2v) is 3.05. The molecule has 0 saturated carbocycles. The van der Waals surface area contributed by atoms with Crippen molar-refractivity contribution in [3.05, 3.63) is 41.3 Å². The molecule has 0 radical (unpaired) electrons. The Morgan fingerprint density at radius 3 is 3.00 bits per heavy atom. The molecule has 2 rings (SSSR count). The van der Waals surface area contributed by atoms with Crippen LogP contribution >= 0.6 is 11.6 Å². The van der Waals surface area contributed by atoms with E-state index in [1.165, 1.54) is 10.9 Å². The minimum atomic E-state index is 0.492. The lowest BCUT2D eigenvalue weighted by Gasteiger charge is -1.98. The van der Waals surface area contributed by atoms with Crippen LogP contribution in [0.5, 0.6) is 0 Å². The Bertz CT molecular complexity index is 498. The quantitative estimate of drug-likeness (QED) is 0.712. The summed E-state index contributed by atoms with van der Waals surface area (Å²) < 4.78 is 1.50. The monoisotopic (exact) mass is 204 g/mol. The maximum Gasteiger partial charge on any atom is 0.154 e. The maximum atomic E-state index is 8.60. The van der Waals surface area contributed by atoms with Crippen molar-refractivity contribution in [1.29, 1.82) is 5.26 Å². The SMILES string of the molecule is N#Cc1cnn(-c2cc(Cl)ccn2)c1. The van der Waals surface area contributed by atoms with Crippen molar-refractivity contribution < 1.29 is 0 Å². The zero-order chi connectivity index (χ0) is 9.97. The fraction of sp³-hybridized carbons (Fsp3) is 0. The highest BCUT2D eigenvalue weighted by atomic mass is 35.5. The van der Waals surface area contributed by atoms with Crippen molar-refractivity contribution in [2.45, 2.75) is 0 Å². The van der Waals surface area contributed by atoms with Crippen LogP contribution in [0, 0.1) is 11.3 Å². The highest BCUT2D eigenvalue weighted by Gasteiger charge is 2.01. The van der Waals surface area contributed by atoms with E-state index >= 15 is 0 Å². The van der Waals surface area contributed by atoms with Crippen LogP contribution in [0.1, 0.15) is 5.56 Å². The molecule has 4 nitrogen and oxygen atoms in total. The molecule has 0 aromatic carbocycles. The van der Waals surface area contributed by atoms with Crippen molar-refractivity contribution in [2.75, 3.05) is 0 Å². The molecule has 0 aliphatic rings. The van der Waals surface area contributed by atoms with Gasteiger partial charge in [-0.15, -0.1) is 0 Å². The molecule has 0 saturated heterocycles. The highest BCUT2D eigenvalue weighted by Crippen LogP contribution is 2.11. The van der Waals surface area contributed by atoms with E-state index in [4.69, 9.17) is 16.9 Å². The first-order chi connectivity index (χ1) is 6.79. The third-order valence-electron chi connectivity index (χ3n) is 1.65. The lowest BCUT2D eigenvalue weighted by Crippen LogP contribution is -1.96. The Kier molecular flexibility index (Phi) is 2.17. The summed E-state index contributed by atoms with van der Waals surface area (Å²) in [7, 11) is 0. The van der Waals surface area contributed by atoms with Crippen LogP contribution in [-0.4, -0.2) is 14.8 Å². The molecule has 0 aliphatic carbocycles. The molecular formula is C9H5ClN4. The Morgan fingerprint density at radius 2 is 2.36 bits per heavy atom. The van der Waals surface area contributed by atoms with Crippen molar-refractivity contribution in [3.8, 4) is 11.9 Å². The summed E-state index contributed by atoms with van der Waals surface area (Å²) in [4.78, 5) is 4.06. The number of nitrogens with zero attached hydrogens (tertiary/aromatic N) is 4. The second kappa shape index (κ2) is 3.48. The first kappa shape index (κ1) is 8.73. The number of aromatic nitrogens is 3. The number of hydrogen-bond acceptors (Lipinski definition) is 3. The molecule has 0 unspecified atom stereocenters. The van der Waals surface area contributed by atoms with E-state index in [0.29, 0.717) is 16.4 Å². The zero-order valence-electron chi connectivity index (χ0n) is 7.05. The molecule has 14 heavy (non-hydrogen) atoms. The molecule has 5 heteroatoms. The van der Waals surface area contributed by atoms with Crippen LogP contribution in [-0.2, 0) is 0 Å². The lowest BCUT2D eigenvalue weighted by molar-refractivity contribution is 0.847. The Balaban J connectivity index is 2.45. The predicted octanol–water partition coefficient (Wildman–Crippen LogP) is 1.79. The smallest absolute Gasteiger partial charge is 0.154 e. The first-order valence-corrected chi connectivity index (χ1v) is 4.24. The van der Waals surface area contributed by atoms with Gasteiger partial charge in [-0.05, 0) is 6.07 Å². The van der Waals surface area contributed by atoms with Gasteiger partial charge in [0, 0.05) is 17.3 Å². The van der Waals surface area contributed by atoms with Gasteiger partial charge in [0.2, 0.25) is 0 Å². The van der Waals surface area contributed by atoms with E-state index in [0.717, 1.165) is 0 Å². The molecule has 2 heterocycles. The molecule has 2 aromatic rings. The van der Waals surface area contributed by atoms with Gasteiger partial charge in [-0.3, -0.25) is 0 Å². The van der Waals surface area contributed by atoms with Gasteiger partial charge in [0.15, 0.2) is 5.82 Å². The van der Waals surface area contributed by atoms with Crippen LogP contribution in [0.25, 0.3) is 5.82 Å². The van der Waals surface area contributed by atoms with Crippen molar-refractivity contribution in [2.24, 2.45) is 0 Å². The van der Waals surface area contributed by atoms with E-state index in [2.05, 4.69) is 10.1 Å². The molecule has 0 N–H and O–H groups in total. The average Bonchev–Trinajstić information content (AvgIpc) is 2.66. The zero-order valence-corrected chi connectivity index (χ0v) is 7.81. The Morgan fingerprint density at radius 1 is 1.50 bits per heavy atom. The molecule has 68 valence electrons. The fourth-order valence-corrected chi connectivity index (χ4v) is 1.18. The van der Waals surface area contributed by atoms with Gasteiger partial charge < -0.3 is 0 Å². The minimum Gasteiger partial charge on any atom is -0.237 e. The van der Waals surface area contributed by atoms with Gasteiger partial charge in [0.05, 0.1) is 18.0 Å². The van der Waals surface area contributed by atoms with Gasteiger partial charge >= 0.3 is 0 Å². The molecule has 0 atom stereocenters. The topological polar surface area (TPSA) is 54.5 Å². The maximum absolute atomic E-state index is 8.60. The van der Waals surface area contributed by atoms with Crippen LogP contribution < -0.4 is 0 Å². The summed E-state index contributed by atoms with van der Waals surface area (Å²) in [5.74, 6) is 0.596. The standard InChI is InChI=1S/C9H5ClN4/c10-8-1-2-12-9(3-8)14-6-7(4-11)5-13-14/h1-3,5-6H. The summed E-state index contributed by atoms with van der Waals surface area (Å²) >= 11 is 5.79. The minimum absolute atomic E-state index is 0.492. The summed E-state index contributed by atoms with van der Waals surface area (Å²) in [6.07, 6.45) is 4.66. The summed E-state index contributed by atoms with van der Waals surface area (Å²) in [5, 5.41) is 13.2. The van der Waals surface area contributed by atoms with Crippen molar-refractivity contribution in [3.63, 3.8) is 0 Å². The summed E-state index contributed by atoms with van der Waals surface area (Å²) in [6.45, 7) is 0. The Hall–Kier alpha value is -1.86. The molecule has 2 aromatic heterocycles. The van der Waals surface area contributed by atoms with Crippen molar-refractivity contribution >= 4 is 11.6 Å². The second-order valence-electron chi connectivity index (χ2n) is 2.62. The highest BCUT2D eigenvalue weighted by molar-refractivity contribution is 6.30. The van der Waals surface area contributed by atoms with E-state index in [1.807, 2.05) is 6.07 Å². The molecule has 0 bridgehead atoms. The Labute approximate surface area is 85.4 Å². The van der Waals surface area contributed by atoms with Crippen molar-refractivity contribution in [1.82, 2.24) is 14.8 Å². The molecule has 0 aliphatic heterocycles. The van der Waals surface area contributed by atoms with Crippen LogP contribution in [0.2, 0.25) is 5.02 Å². The third-order valence-corrected chi connectivity index (χ3v) is 1.89. The summed E-state index contributed by atoms with van der Waals surface area (Å²) in [5.41, 5.74) is 0.492. The lowest BCUT2D eigenvalue weighted by atomic mass is 10.4. The van der Waals surface area contributed by atoms with Gasteiger partial charge in [0.25, 0.3) is 0 Å². The normalized spacial score (nSPS) is 9.71. The van der Waals surface area contributed by atoms with Crippen LogP contribution in [0.15, 0.2) is 30.7 Å². The van der Waals surface area contributed by atoms with Gasteiger partial charge in [0.1, 0.15) is 6.07 Å². The molecule has 0 fully saturated rings. The van der Waals surface area contributed by atoms with Crippen LogP contribution in [0.3, 0.4) is 0 Å². The molecular weight excluding hydrogens is 200 g/mol. The summed E-state index contributed by atoms with van der Waals surface area (Å²) in [6, 6.07) is 5.34. The van der Waals surface area contributed by atoms with E-state index in [-0.39, 0.29) is 0 Å². The van der Waals surface area contributed by atoms with Crippen LogP contribution in [0.4, 0.5) is 0 Å². The number of nitriles is 1. The molecule has 0 amide bonds. The third kappa shape index (κ3) is 1.58. The number of pyridine rings is 1. The number of rotatable bonds is 1. The number of halogens is 1. The van der Waals surface area contributed by atoms with E-state index in [1.54, 1.807) is 24.5 Å². The van der Waals surface area contributed by atoms with Gasteiger partial charge in [-0.1, -0.05) is 11.6 Å². The predicted molar refractivity (Wildman–Crippen MR) is 51.1 cm³/mol. The van der Waals surface area contributed by atoms with E-state index < -0.39 is 0 Å². The fourth-order valence-electron chi connectivity index (χ4n) is 1.02. The average molecular weight is 205 g/mol. The molecule has 0 spiro atoms. The van der Waals surface area contributed by atoms with E-state index in [9.17, 15) is 0 Å². The van der Waals surface area contributed by atoms with Gasteiger partial charge in [-0.2, -0.15) is 10.4 Å². The van der Waals surface area contributed by atoms with Gasteiger partial charge in [-0.25, -0.2) is 9.67 Å². The number of hydrogen-bond donors (Lipinski definition) is 0. The largest absolute Gasteiger partial charge is 0.237 e.